The molecule has 2 rings (SSSR count). The topological polar surface area (TPSA) is 36.4 Å². The average Bonchev–Trinajstić information content (AvgIpc) is 2.67. The SMILES string of the molecule is CCCN(c1nc2c(s1)C(O)CC(C)(C)C2)C(C)C. The largest absolute Gasteiger partial charge is 0.387 e. The molecular weight excluding hydrogens is 256 g/mol. The smallest absolute Gasteiger partial charge is 0.186 e. The predicted octanol–water partition coefficient (Wildman–Crippen LogP) is 3.77. The molecular formula is C15H26N2OS. The normalized spacial score (nSPS) is 21.5. The van der Waals surface area contributed by atoms with Gasteiger partial charge >= 0.3 is 0 Å². The molecule has 0 aliphatic heterocycles. The van der Waals surface area contributed by atoms with Gasteiger partial charge in [-0.15, -0.1) is 0 Å². The summed E-state index contributed by atoms with van der Waals surface area (Å²) in [5, 5.41) is 11.4. The van der Waals surface area contributed by atoms with E-state index in [9.17, 15) is 5.11 Å². The molecule has 0 fully saturated rings. The maximum atomic E-state index is 10.3. The molecule has 1 heterocycles. The number of nitrogens with zero attached hydrogens (tertiary/aromatic N) is 2. The molecule has 1 aliphatic rings. The number of aliphatic hydroxyl groups excluding tert-OH is 1. The first-order valence-electron chi connectivity index (χ1n) is 7.28. The molecule has 0 radical (unpaired) electrons. The Kier molecular flexibility index (Phi) is 4.21. The molecule has 108 valence electrons. The summed E-state index contributed by atoms with van der Waals surface area (Å²) in [4.78, 5) is 8.26. The molecule has 1 aromatic heterocycles. The number of fused-ring (bicyclic) bond motifs is 1. The van der Waals surface area contributed by atoms with Crippen LogP contribution in [0, 0.1) is 5.41 Å². The average molecular weight is 282 g/mol. The Morgan fingerprint density at radius 1 is 1.47 bits per heavy atom. The molecule has 1 N–H and O–H groups in total. The Morgan fingerprint density at radius 2 is 2.16 bits per heavy atom. The van der Waals surface area contributed by atoms with Crippen LogP contribution in [0.1, 0.15) is 64.1 Å². The summed E-state index contributed by atoms with van der Waals surface area (Å²) in [6.07, 6.45) is 2.61. The maximum Gasteiger partial charge on any atom is 0.186 e. The van der Waals surface area contributed by atoms with Crippen LogP contribution >= 0.6 is 11.3 Å². The van der Waals surface area contributed by atoms with E-state index in [2.05, 4.69) is 39.5 Å². The minimum Gasteiger partial charge on any atom is -0.387 e. The minimum atomic E-state index is -0.333. The van der Waals surface area contributed by atoms with E-state index in [1.54, 1.807) is 11.3 Å². The molecule has 0 bridgehead atoms. The molecule has 0 spiro atoms. The van der Waals surface area contributed by atoms with Crippen molar-refractivity contribution >= 4 is 16.5 Å². The summed E-state index contributed by atoms with van der Waals surface area (Å²) < 4.78 is 0. The van der Waals surface area contributed by atoms with Crippen LogP contribution in [0.5, 0.6) is 0 Å². The van der Waals surface area contributed by atoms with Crippen molar-refractivity contribution in [3.05, 3.63) is 10.6 Å². The monoisotopic (exact) mass is 282 g/mol. The Bertz CT molecular complexity index is 439. The zero-order valence-corrected chi connectivity index (χ0v) is 13.5. The van der Waals surface area contributed by atoms with Crippen LogP contribution in [-0.2, 0) is 6.42 Å². The molecule has 0 amide bonds. The highest BCUT2D eigenvalue weighted by atomic mass is 32.1. The summed E-state index contributed by atoms with van der Waals surface area (Å²) in [7, 11) is 0. The molecule has 3 nitrogen and oxygen atoms in total. The number of aliphatic hydroxyl groups is 1. The van der Waals surface area contributed by atoms with E-state index in [0.717, 1.165) is 41.5 Å². The van der Waals surface area contributed by atoms with Crippen LogP contribution in [0.3, 0.4) is 0 Å². The maximum absolute atomic E-state index is 10.3. The van der Waals surface area contributed by atoms with Crippen molar-refractivity contribution < 1.29 is 5.11 Å². The fraction of sp³-hybridized carbons (Fsp3) is 0.800. The lowest BCUT2D eigenvalue weighted by Crippen LogP contribution is -2.31. The van der Waals surface area contributed by atoms with E-state index in [1.165, 1.54) is 0 Å². The van der Waals surface area contributed by atoms with E-state index in [-0.39, 0.29) is 11.5 Å². The molecule has 0 saturated heterocycles. The predicted molar refractivity (Wildman–Crippen MR) is 81.9 cm³/mol. The number of hydrogen-bond acceptors (Lipinski definition) is 4. The quantitative estimate of drug-likeness (QED) is 0.913. The molecule has 1 unspecified atom stereocenters. The Labute approximate surface area is 120 Å². The Morgan fingerprint density at radius 3 is 2.74 bits per heavy atom. The lowest BCUT2D eigenvalue weighted by molar-refractivity contribution is 0.102. The van der Waals surface area contributed by atoms with E-state index in [4.69, 9.17) is 4.98 Å². The fourth-order valence-electron chi connectivity index (χ4n) is 2.82. The summed E-state index contributed by atoms with van der Waals surface area (Å²) in [5.41, 5.74) is 1.27. The van der Waals surface area contributed by atoms with Crippen molar-refractivity contribution in [1.82, 2.24) is 4.98 Å². The molecule has 0 aromatic carbocycles. The van der Waals surface area contributed by atoms with Gasteiger partial charge in [0, 0.05) is 12.6 Å². The van der Waals surface area contributed by atoms with Gasteiger partial charge in [-0.3, -0.25) is 0 Å². The van der Waals surface area contributed by atoms with Gasteiger partial charge in [-0.25, -0.2) is 4.98 Å². The second-order valence-electron chi connectivity index (χ2n) is 6.66. The highest BCUT2D eigenvalue weighted by Gasteiger charge is 2.34. The third kappa shape index (κ3) is 3.11. The summed E-state index contributed by atoms with van der Waals surface area (Å²) >= 11 is 1.69. The van der Waals surface area contributed by atoms with Crippen LogP contribution in [0.4, 0.5) is 5.13 Å². The van der Waals surface area contributed by atoms with Gasteiger partial charge in [0.2, 0.25) is 0 Å². The first-order chi connectivity index (χ1) is 8.84. The zero-order valence-electron chi connectivity index (χ0n) is 12.7. The summed E-state index contributed by atoms with van der Waals surface area (Å²) in [6, 6.07) is 0.456. The van der Waals surface area contributed by atoms with Crippen molar-refractivity contribution in [1.29, 1.82) is 0 Å². The molecule has 0 saturated carbocycles. The zero-order chi connectivity index (χ0) is 14.2. The van der Waals surface area contributed by atoms with Gasteiger partial charge in [0.15, 0.2) is 5.13 Å². The standard InChI is InChI=1S/C15H26N2OS/c1-6-7-17(10(2)3)14-16-11-8-15(4,5)9-12(18)13(11)19-14/h10,12,18H,6-9H2,1-5H3. The van der Waals surface area contributed by atoms with Gasteiger partial charge in [0.05, 0.1) is 16.7 Å². The van der Waals surface area contributed by atoms with E-state index < -0.39 is 0 Å². The van der Waals surface area contributed by atoms with Crippen LogP contribution in [0.25, 0.3) is 0 Å². The summed E-state index contributed by atoms with van der Waals surface area (Å²) in [5.74, 6) is 0. The number of hydrogen-bond donors (Lipinski definition) is 1. The second-order valence-corrected chi connectivity index (χ2v) is 7.66. The molecule has 4 heteroatoms. The molecule has 1 atom stereocenters. The first-order valence-corrected chi connectivity index (χ1v) is 8.10. The number of rotatable bonds is 4. The van der Waals surface area contributed by atoms with Gasteiger partial charge in [-0.1, -0.05) is 32.1 Å². The summed E-state index contributed by atoms with van der Waals surface area (Å²) in [6.45, 7) is 12.1. The van der Waals surface area contributed by atoms with Crippen LogP contribution in [0.15, 0.2) is 0 Å². The molecule has 1 aliphatic carbocycles. The van der Waals surface area contributed by atoms with Gasteiger partial charge in [0.1, 0.15) is 0 Å². The van der Waals surface area contributed by atoms with Crippen molar-refractivity contribution in [2.75, 3.05) is 11.4 Å². The van der Waals surface area contributed by atoms with Crippen LogP contribution < -0.4 is 4.90 Å². The Balaban J connectivity index is 2.31. The third-order valence-electron chi connectivity index (χ3n) is 3.74. The minimum absolute atomic E-state index is 0.158. The first kappa shape index (κ1) is 14.8. The van der Waals surface area contributed by atoms with E-state index >= 15 is 0 Å². The van der Waals surface area contributed by atoms with E-state index in [0.29, 0.717) is 6.04 Å². The third-order valence-corrected chi connectivity index (χ3v) is 4.98. The lowest BCUT2D eigenvalue weighted by atomic mass is 9.77. The van der Waals surface area contributed by atoms with Gasteiger partial charge < -0.3 is 10.0 Å². The van der Waals surface area contributed by atoms with Crippen molar-refractivity contribution in [3.63, 3.8) is 0 Å². The van der Waals surface area contributed by atoms with Crippen LogP contribution in [-0.4, -0.2) is 22.7 Å². The van der Waals surface area contributed by atoms with Gasteiger partial charge in [-0.2, -0.15) is 0 Å². The number of aromatic nitrogens is 1. The van der Waals surface area contributed by atoms with Gasteiger partial charge in [-0.05, 0) is 38.5 Å². The second kappa shape index (κ2) is 5.41. The fourth-order valence-corrected chi connectivity index (χ4v) is 4.04. The highest BCUT2D eigenvalue weighted by molar-refractivity contribution is 7.15. The lowest BCUT2D eigenvalue weighted by Gasteiger charge is -2.31. The van der Waals surface area contributed by atoms with Crippen molar-refractivity contribution in [2.45, 2.75) is 66.0 Å². The van der Waals surface area contributed by atoms with Crippen molar-refractivity contribution in [2.24, 2.45) is 5.41 Å². The van der Waals surface area contributed by atoms with Crippen LogP contribution in [0.2, 0.25) is 0 Å². The number of thiazole rings is 1. The van der Waals surface area contributed by atoms with Crippen molar-refractivity contribution in [3.8, 4) is 0 Å². The van der Waals surface area contributed by atoms with Gasteiger partial charge in [0.25, 0.3) is 0 Å². The molecule has 19 heavy (non-hydrogen) atoms. The van der Waals surface area contributed by atoms with E-state index in [1.807, 2.05) is 0 Å². The Hall–Kier alpha value is -0.610. The highest BCUT2D eigenvalue weighted by Crippen LogP contribution is 2.44. The molecule has 1 aromatic rings. The number of anilines is 1.